The number of rotatable bonds is 9. The maximum atomic E-state index is 12.9. The second-order valence-corrected chi connectivity index (χ2v) is 7.45. The number of nitrogens with zero attached hydrogens (tertiary/aromatic N) is 2. The van der Waals surface area contributed by atoms with E-state index in [0.29, 0.717) is 16.8 Å². The summed E-state index contributed by atoms with van der Waals surface area (Å²) >= 11 is 0. The summed E-state index contributed by atoms with van der Waals surface area (Å²) in [6, 6.07) is 4.96. The molecule has 1 N–H and O–H groups in total. The summed E-state index contributed by atoms with van der Waals surface area (Å²) < 4.78 is 66.8. The number of amides is 1. The van der Waals surface area contributed by atoms with Gasteiger partial charge in [-0.2, -0.15) is 22.0 Å². The lowest BCUT2D eigenvalue weighted by atomic mass is 10.0. The number of aromatic nitrogens is 2. The number of Topliss-reactive ketones (excluding diaryl/α,β-unsaturated/α-hetero) is 1. The van der Waals surface area contributed by atoms with Crippen molar-refractivity contribution in [2.45, 2.75) is 45.3 Å². The van der Waals surface area contributed by atoms with Crippen molar-refractivity contribution >= 4 is 11.7 Å². The molecule has 2 aromatic rings. The highest BCUT2D eigenvalue weighted by molar-refractivity contribution is 5.94. The van der Waals surface area contributed by atoms with E-state index in [2.05, 4.69) is 20.0 Å². The Morgan fingerprint density at radius 1 is 1.06 bits per heavy atom. The molecule has 0 saturated heterocycles. The van der Waals surface area contributed by atoms with Crippen molar-refractivity contribution in [2.24, 2.45) is 5.92 Å². The molecule has 0 aliphatic heterocycles. The predicted octanol–water partition coefficient (Wildman–Crippen LogP) is 4.31. The summed E-state index contributed by atoms with van der Waals surface area (Å²) in [5, 5.41) is 2.71. The normalized spacial score (nSPS) is 13.0. The van der Waals surface area contributed by atoms with Crippen molar-refractivity contribution in [2.75, 3.05) is 6.61 Å². The molecule has 0 saturated carbocycles. The van der Waals surface area contributed by atoms with Gasteiger partial charge >= 0.3 is 12.1 Å². The third-order valence-electron chi connectivity index (χ3n) is 4.50. The van der Waals surface area contributed by atoms with Crippen LogP contribution in [-0.4, -0.2) is 40.4 Å². The smallest absolute Gasteiger partial charge is 0.456 e. The van der Waals surface area contributed by atoms with Crippen LogP contribution in [0.5, 0.6) is 5.88 Å². The Bertz CT molecular complexity index is 946. The summed E-state index contributed by atoms with van der Waals surface area (Å²) in [5.41, 5.74) is 1.22. The first kappa shape index (κ1) is 25.2. The highest BCUT2D eigenvalue weighted by atomic mass is 19.4. The number of carbonyl (C=O) groups is 2. The number of ketones is 1. The third-order valence-corrected chi connectivity index (χ3v) is 4.50. The van der Waals surface area contributed by atoms with Gasteiger partial charge in [0.15, 0.2) is 6.61 Å². The SMILES string of the molecule is CC(C)C(=O)Cc1cc(C(=O)NC(C)c2ccc(OCC(F)(F)C(F)(F)F)nc2)ccn1. The Hall–Kier alpha value is -3.11. The van der Waals surface area contributed by atoms with Crippen LogP contribution >= 0.6 is 0 Å². The molecule has 0 bridgehead atoms. The molecule has 0 fully saturated rings. The molecule has 32 heavy (non-hydrogen) atoms. The van der Waals surface area contributed by atoms with E-state index in [0.717, 1.165) is 6.07 Å². The Morgan fingerprint density at radius 3 is 2.31 bits per heavy atom. The Morgan fingerprint density at radius 2 is 1.75 bits per heavy atom. The maximum Gasteiger partial charge on any atom is 0.456 e. The molecule has 2 heterocycles. The number of nitrogens with one attached hydrogen (secondary N) is 1. The van der Waals surface area contributed by atoms with E-state index in [1.807, 2.05) is 0 Å². The highest BCUT2D eigenvalue weighted by Crippen LogP contribution is 2.35. The van der Waals surface area contributed by atoms with E-state index in [9.17, 15) is 31.5 Å². The summed E-state index contributed by atoms with van der Waals surface area (Å²) in [6.07, 6.45) is -2.99. The van der Waals surface area contributed by atoms with Gasteiger partial charge in [-0.3, -0.25) is 14.6 Å². The van der Waals surface area contributed by atoms with Crippen molar-refractivity contribution in [3.05, 3.63) is 53.5 Å². The first-order valence-corrected chi connectivity index (χ1v) is 9.62. The van der Waals surface area contributed by atoms with Gasteiger partial charge < -0.3 is 10.1 Å². The number of hydrogen-bond acceptors (Lipinski definition) is 5. The molecule has 2 aromatic heterocycles. The average Bonchev–Trinajstić information content (AvgIpc) is 2.72. The summed E-state index contributed by atoms with van der Waals surface area (Å²) in [4.78, 5) is 32.2. The van der Waals surface area contributed by atoms with Gasteiger partial charge in [0.25, 0.3) is 5.91 Å². The van der Waals surface area contributed by atoms with Crippen molar-refractivity contribution in [3.8, 4) is 5.88 Å². The number of ether oxygens (including phenoxy) is 1. The van der Waals surface area contributed by atoms with E-state index in [4.69, 9.17) is 0 Å². The molecule has 0 spiro atoms. The zero-order chi connectivity index (χ0) is 24.1. The second kappa shape index (κ2) is 10.0. The Labute approximate surface area is 181 Å². The molecule has 2 rings (SSSR count). The zero-order valence-electron chi connectivity index (χ0n) is 17.5. The quantitative estimate of drug-likeness (QED) is 0.566. The Kier molecular flexibility index (Phi) is 7.87. The van der Waals surface area contributed by atoms with Gasteiger partial charge in [-0.15, -0.1) is 0 Å². The van der Waals surface area contributed by atoms with Gasteiger partial charge in [0.05, 0.1) is 6.04 Å². The van der Waals surface area contributed by atoms with Crippen LogP contribution in [0, 0.1) is 5.92 Å². The van der Waals surface area contributed by atoms with Gasteiger partial charge in [0.2, 0.25) is 5.88 Å². The molecule has 6 nitrogen and oxygen atoms in total. The first-order chi connectivity index (χ1) is 14.8. The van der Waals surface area contributed by atoms with Gasteiger partial charge in [-0.25, -0.2) is 4.98 Å². The van der Waals surface area contributed by atoms with Crippen LogP contribution in [0.1, 0.15) is 48.4 Å². The lowest BCUT2D eigenvalue weighted by Crippen LogP contribution is -2.41. The fourth-order valence-corrected chi connectivity index (χ4v) is 2.44. The van der Waals surface area contributed by atoms with Crippen molar-refractivity contribution < 1.29 is 36.3 Å². The second-order valence-electron chi connectivity index (χ2n) is 7.45. The topological polar surface area (TPSA) is 81.2 Å². The predicted molar refractivity (Wildman–Crippen MR) is 104 cm³/mol. The molecule has 174 valence electrons. The zero-order valence-corrected chi connectivity index (χ0v) is 17.5. The minimum Gasteiger partial charge on any atom is -0.471 e. The third kappa shape index (κ3) is 6.69. The van der Waals surface area contributed by atoms with Crippen LogP contribution in [0.3, 0.4) is 0 Å². The molecular formula is C21H22F5N3O3. The van der Waals surface area contributed by atoms with Crippen LogP contribution in [0.25, 0.3) is 0 Å². The summed E-state index contributed by atoms with van der Waals surface area (Å²) in [7, 11) is 0. The first-order valence-electron chi connectivity index (χ1n) is 9.62. The van der Waals surface area contributed by atoms with Crippen LogP contribution in [0.2, 0.25) is 0 Å². The molecule has 0 radical (unpaired) electrons. The minimum absolute atomic E-state index is 0.00944. The molecule has 1 atom stereocenters. The molecule has 0 aromatic carbocycles. The fraction of sp³-hybridized carbons (Fsp3) is 0.429. The largest absolute Gasteiger partial charge is 0.471 e. The van der Waals surface area contributed by atoms with Crippen LogP contribution in [-0.2, 0) is 11.2 Å². The Balaban J connectivity index is 1.98. The average molecular weight is 459 g/mol. The van der Waals surface area contributed by atoms with Gasteiger partial charge in [-0.05, 0) is 24.6 Å². The fourth-order valence-electron chi connectivity index (χ4n) is 2.44. The minimum atomic E-state index is -5.72. The summed E-state index contributed by atoms with van der Waals surface area (Å²) in [6.45, 7) is 3.29. The number of pyridine rings is 2. The molecule has 0 aliphatic rings. The standard InChI is InChI=1S/C21H22F5N3O3/c1-12(2)17(30)9-16-8-14(6-7-27-16)19(31)29-13(3)15-4-5-18(28-10-15)32-11-20(22,23)21(24,25)26/h4-8,10,12-13H,9,11H2,1-3H3,(H,29,31). The van der Waals surface area contributed by atoms with E-state index < -0.39 is 36.5 Å². The molecule has 0 aliphatic carbocycles. The number of alkyl halides is 5. The van der Waals surface area contributed by atoms with Gasteiger partial charge in [0, 0.05) is 42.1 Å². The van der Waals surface area contributed by atoms with E-state index in [-0.39, 0.29) is 18.1 Å². The van der Waals surface area contributed by atoms with Gasteiger partial charge in [0.1, 0.15) is 5.78 Å². The van der Waals surface area contributed by atoms with E-state index >= 15 is 0 Å². The summed E-state index contributed by atoms with van der Waals surface area (Å²) in [5.74, 6) is -6.02. The molecule has 1 amide bonds. The van der Waals surface area contributed by atoms with E-state index in [1.54, 1.807) is 20.8 Å². The highest BCUT2D eigenvalue weighted by Gasteiger charge is 2.58. The van der Waals surface area contributed by atoms with Gasteiger partial charge in [-0.1, -0.05) is 19.9 Å². The monoisotopic (exact) mass is 459 g/mol. The number of carbonyl (C=O) groups excluding carboxylic acids is 2. The lowest BCUT2D eigenvalue weighted by molar-refractivity contribution is -0.290. The maximum absolute atomic E-state index is 12.9. The van der Waals surface area contributed by atoms with E-state index in [1.165, 1.54) is 30.6 Å². The van der Waals surface area contributed by atoms with Crippen LogP contribution in [0.4, 0.5) is 22.0 Å². The molecule has 1 unspecified atom stereocenters. The number of hydrogen-bond donors (Lipinski definition) is 1. The van der Waals surface area contributed by atoms with Crippen LogP contribution < -0.4 is 10.1 Å². The van der Waals surface area contributed by atoms with Crippen molar-refractivity contribution in [3.63, 3.8) is 0 Å². The van der Waals surface area contributed by atoms with Crippen molar-refractivity contribution in [1.29, 1.82) is 0 Å². The van der Waals surface area contributed by atoms with Crippen molar-refractivity contribution in [1.82, 2.24) is 15.3 Å². The number of halogens is 5. The molecular weight excluding hydrogens is 437 g/mol. The van der Waals surface area contributed by atoms with Crippen LogP contribution in [0.15, 0.2) is 36.7 Å². The molecule has 11 heteroatoms. The lowest BCUT2D eigenvalue weighted by Gasteiger charge is -2.19.